The average molecular weight is 483 g/mol. The van der Waals surface area contributed by atoms with Crippen LogP contribution in [0.4, 0.5) is 5.69 Å². The summed E-state index contributed by atoms with van der Waals surface area (Å²) >= 11 is 0. The average Bonchev–Trinajstić information content (AvgIpc) is 3.37. The zero-order valence-electron chi connectivity index (χ0n) is 20.9. The number of hydrogen-bond donors (Lipinski definition) is 2. The highest BCUT2D eigenvalue weighted by Crippen LogP contribution is 2.32. The summed E-state index contributed by atoms with van der Waals surface area (Å²) in [6.45, 7) is 5.72. The fourth-order valence-corrected chi connectivity index (χ4v) is 3.96. The van der Waals surface area contributed by atoms with E-state index in [9.17, 15) is 9.59 Å². The number of ether oxygens (including phenoxy) is 1. The van der Waals surface area contributed by atoms with Crippen LogP contribution in [0.2, 0.25) is 0 Å². The fraction of sp³-hybridized carbons (Fsp3) is 0.207. The molecule has 36 heavy (non-hydrogen) atoms. The molecule has 2 N–H and O–H groups in total. The van der Waals surface area contributed by atoms with Gasteiger partial charge in [0.05, 0.1) is 7.11 Å². The Kier molecular flexibility index (Phi) is 7.20. The largest absolute Gasteiger partial charge is 0.497 e. The van der Waals surface area contributed by atoms with E-state index in [1.165, 1.54) is 4.90 Å². The van der Waals surface area contributed by atoms with Crippen LogP contribution < -0.4 is 15.0 Å². The van der Waals surface area contributed by atoms with Gasteiger partial charge in [-0.05, 0) is 80.4 Å². The first-order valence-corrected chi connectivity index (χ1v) is 11.7. The fourth-order valence-electron chi connectivity index (χ4n) is 3.96. The van der Waals surface area contributed by atoms with Crippen molar-refractivity contribution in [3.63, 3.8) is 0 Å². The third-order valence-corrected chi connectivity index (χ3v) is 5.60. The summed E-state index contributed by atoms with van der Waals surface area (Å²) in [6.07, 6.45) is 3.23. The van der Waals surface area contributed by atoms with E-state index in [1.807, 2.05) is 57.2 Å². The van der Waals surface area contributed by atoms with Crippen molar-refractivity contribution in [3.05, 3.63) is 103 Å². The normalized spacial score (nSPS) is 12.0. The molecule has 0 aliphatic carbocycles. The van der Waals surface area contributed by atoms with Crippen LogP contribution in [-0.4, -0.2) is 34.4 Å². The Balaban J connectivity index is 1.82. The molecule has 7 nitrogen and oxygen atoms in total. The topological polar surface area (TPSA) is 87.3 Å². The minimum absolute atomic E-state index is 0.298. The number of anilines is 1. The molecule has 0 fully saturated rings. The van der Waals surface area contributed by atoms with Crippen molar-refractivity contribution in [1.82, 2.24) is 15.3 Å². The zero-order chi connectivity index (χ0) is 25.7. The van der Waals surface area contributed by atoms with Crippen LogP contribution in [0.1, 0.15) is 42.9 Å². The Bertz CT molecular complexity index is 1310. The van der Waals surface area contributed by atoms with Crippen molar-refractivity contribution < 1.29 is 14.3 Å². The Morgan fingerprint density at radius 3 is 2.19 bits per heavy atom. The first-order valence-electron chi connectivity index (χ1n) is 11.7. The first-order chi connectivity index (χ1) is 17.3. The summed E-state index contributed by atoms with van der Waals surface area (Å²) in [5.41, 5.74) is 2.85. The number of aromatic amines is 1. The van der Waals surface area contributed by atoms with Crippen LogP contribution in [0.5, 0.6) is 5.75 Å². The number of benzene rings is 2. The molecular formula is C29H30N4O3. The molecule has 0 aliphatic rings. The summed E-state index contributed by atoms with van der Waals surface area (Å²) in [6, 6.07) is 23.0. The monoisotopic (exact) mass is 482 g/mol. The van der Waals surface area contributed by atoms with Gasteiger partial charge >= 0.3 is 0 Å². The van der Waals surface area contributed by atoms with Gasteiger partial charge in [0.25, 0.3) is 5.91 Å². The smallest absolute Gasteiger partial charge is 0.275 e. The second-order valence-electron chi connectivity index (χ2n) is 9.45. The molecule has 4 rings (SSSR count). The third-order valence-electron chi connectivity index (χ3n) is 5.60. The van der Waals surface area contributed by atoms with Crippen molar-refractivity contribution in [2.75, 3.05) is 12.0 Å². The number of pyridine rings is 1. The van der Waals surface area contributed by atoms with Crippen LogP contribution in [0, 0.1) is 0 Å². The van der Waals surface area contributed by atoms with Crippen molar-refractivity contribution in [2.45, 2.75) is 32.4 Å². The number of rotatable bonds is 7. The van der Waals surface area contributed by atoms with Gasteiger partial charge in [0.2, 0.25) is 5.91 Å². The predicted molar refractivity (Wildman–Crippen MR) is 141 cm³/mol. The van der Waals surface area contributed by atoms with Gasteiger partial charge in [0.15, 0.2) is 0 Å². The Hall–Kier alpha value is -4.39. The molecule has 2 amide bonds. The van der Waals surface area contributed by atoms with E-state index in [0.29, 0.717) is 22.7 Å². The summed E-state index contributed by atoms with van der Waals surface area (Å²) in [5.74, 6) is 0.0120. The third kappa shape index (κ3) is 5.63. The predicted octanol–water partition coefficient (Wildman–Crippen LogP) is 5.39. The summed E-state index contributed by atoms with van der Waals surface area (Å²) in [5, 5.41) is 3.04. The lowest BCUT2D eigenvalue weighted by atomic mass is 10.0. The number of nitrogens with zero attached hydrogens (tertiary/aromatic N) is 2. The second-order valence-corrected chi connectivity index (χ2v) is 9.45. The van der Waals surface area contributed by atoms with E-state index in [-0.39, 0.29) is 11.8 Å². The highest BCUT2D eigenvalue weighted by molar-refractivity contribution is 6.09. The first kappa shape index (κ1) is 24.7. The van der Waals surface area contributed by atoms with Gasteiger partial charge in [0.1, 0.15) is 17.5 Å². The SMILES string of the molecule is COc1ccc(N(C(=O)c2ccc(-c3ccccc3)[nH]2)C(C(=O)NC(C)(C)C)c2ccncc2)cc1. The molecule has 0 bridgehead atoms. The summed E-state index contributed by atoms with van der Waals surface area (Å²) in [7, 11) is 1.58. The molecule has 4 aromatic rings. The standard InChI is InChI=1S/C29H30N4O3/c1-29(2,3)32-27(34)26(21-16-18-30-19-17-21)33(22-10-12-23(36-4)13-11-22)28(35)25-15-14-24(31-25)20-8-6-5-7-9-20/h5-19,26,31H,1-4H3,(H,32,34). The molecule has 7 heteroatoms. The van der Waals surface area contributed by atoms with Gasteiger partial charge in [-0.15, -0.1) is 0 Å². The van der Waals surface area contributed by atoms with Gasteiger partial charge in [-0.25, -0.2) is 0 Å². The number of H-pyrrole nitrogens is 1. The molecule has 0 saturated carbocycles. The lowest BCUT2D eigenvalue weighted by Crippen LogP contribution is -2.49. The highest BCUT2D eigenvalue weighted by atomic mass is 16.5. The van der Waals surface area contributed by atoms with E-state index in [4.69, 9.17) is 4.74 Å². The molecule has 0 radical (unpaired) electrons. The molecule has 0 aliphatic heterocycles. The molecule has 2 aromatic heterocycles. The van der Waals surface area contributed by atoms with Crippen LogP contribution in [0.25, 0.3) is 11.3 Å². The van der Waals surface area contributed by atoms with Gasteiger partial charge < -0.3 is 15.0 Å². The van der Waals surface area contributed by atoms with Crippen molar-refractivity contribution in [2.24, 2.45) is 0 Å². The van der Waals surface area contributed by atoms with Gasteiger partial charge in [-0.2, -0.15) is 0 Å². The maximum absolute atomic E-state index is 14.1. The number of methoxy groups -OCH3 is 1. The number of amides is 2. The van der Waals surface area contributed by atoms with E-state index >= 15 is 0 Å². The number of nitrogens with one attached hydrogen (secondary N) is 2. The number of carbonyl (C=O) groups excluding carboxylic acids is 2. The minimum atomic E-state index is -0.934. The minimum Gasteiger partial charge on any atom is -0.497 e. The van der Waals surface area contributed by atoms with E-state index < -0.39 is 11.6 Å². The van der Waals surface area contributed by atoms with Crippen molar-refractivity contribution in [1.29, 1.82) is 0 Å². The molecule has 0 spiro atoms. The van der Waals surface area contributed by atoms with Crippen molar-refractivity contribution >= 4 is 17.5 Å². The summed E-state index contributed by atoms with van der Waals surface area (Å²) in [4.78, 5) is 36.6. The van der Waals surface area contributed by atoms with E-state index in [2.05, 4.69) is 15.3 Å². The molecule has 2 heterocycles. The number of aromatic nitrogens is 2. The molecule has 1 atom stereocenters. The molecule has 2 aromatic carbocycles. The maximum atomic E-state index is 14.1. The Labute approximate surface area is 211 Å². The number of hydrogen-bond acceptors (Lipinski definition) is 4. The lowest BCUT2D eigenvalue weighted by molar-refractivity contribution is -0.123. The quantitative estimate of drug-likeness (QED) is 0.370. The molecule has 1 unspecified atom stereocenters. The highest BCUT2D eigenvalue weighted by Gasteiger charge is 2.35. The zero-order valence-corrected chi connectivity index (χ0v) is 20.9. The Morgan fingerprint density at radius 2 is 1.58 bits per heavy atom. The molecular weight excluding hydrogens is 452 g/mol. The van der Waals surface area contributed by atoms with Gasteiger partial charge in [-0.3, -0.25) is 19.5 Å². The van der Waals surface area contributed by atoms with E-state index in [1.54, 1.807) is 62.0 Å². The second kappa shape index (κ2) is 10.5. The van der Waals surface area contributed by atoms with E-state index in [0.717, 1.165) is 11.3 Å². The van der Waals surface area contributed by atoms with Crippen LogP contribution >= 0.6 is 0 Å². The molecule has 184 valence electrons. The summed E-state index contributed by atoms with van der Waals surface area (Å²) < 4.78 is 5.31. The molecule has 0 saturated heterocycles. The van der Waals surface area contributed by atoms with Crippen LogP contribution in [0.3, 0.4) is 0 Å². The maximum Gasteiger partial charge on any atom is 0.275 e. The van der Waals surface area contributed by atoms with Crippen LogP contribution in [0.15, 0.2) is 91.3 Å². The van der Waals surface area contributed by atoms with Crippen molar-refractivity contribution in [3.8, 4) is 17.0 Å². The van der Waals surface area contributed by atoms with Crippen LogP contribution in [-0.2, 0) is 4.79 Å². The lowest BCUT2D eigenvalue weighted by Gasteiger charge is -2.33. The Morgan fingerprint density at radius 1 is 0.917 bits per heavy atom. The number of carbonyl (C=O) groups is 2. The van der Waals surface area contributed by atoms with Gasteiger partial charge in [-0.1, -0.05) is 30.3 Å². The van der Waals surface area contributed by atoms with Gasteiger partial charge in [0, 0.05) is 29.3 Å².